The Morgan fingerprint density at radius 3 is 2.75 bits per heavy atom. The lowest BCUT2D eigenvalue weighted by atomic mass is 10.0. The van der Waals surface area contributed by atoms with Crippen LogP contribution in [0.25, 0.3) is 10.9 Å². The van der Waals surface area contributed by atoms with Crippen LogP contribution in [-0.4, -0.2) is 47.8 Å². The SMILES string of the molecule is Cl.OCC[C@H](c1ccc2cc[nH]c2c1)N1CCNCC1. The predicted molar refractivity (Wildman–Crippen MR) is 84.4 cm³/mol. The van der Waals surface area contributed by atoms with Gasteiger partial charge in [-0.05, 0) is 29.5 Å². The molecule has 2 heterocycles. The highest BCUT2D eigenvalue weighted by atomic mass is 35.5. The van der Waals surface area contributed by atoms with E-state index in [0.29, 0.717) is 6.04 Å². The fourth-order valence-electron chi connectivity index (χ4n) is 2.95. The summed E-state index contributed by atoms with van der Waals surface area (Å²) in [5.74, 6) is 0. The first kappa shape index (κ1) is 15.3. The van der Waals surface area contributed by atoms with Crippen LogP contribution in [0.1, 0.15) is 18.0 Å². The molecule has 0 aliphatic carbocycles. The molecule has 1 saturated heterocycles. The van der Waals surface area contributed by atoms with Crippen molar-refractivity contribution in [3.63, 3.8) is 0 Å². The van der Waals surface area contributed by atoms with Gasteiger partial charge in [-0.1, -0.05) is 12.1 Å². The number of hydrogen-bond donors (Lipinski definition) is 3. The van der Waals surface area contributed by atoms with E-state index in [9.17, 15) is 5.11 Å². The van der Waals surface area contributed by atoms with Gasteiger partial charge in [0.15, 0.2) is 0 Å². The molecule has 5 heteroatoms. The van der Waals surface area contributed by atoms with Crippen LogP contribution in [0, 0.1) is 0 Å². The molecular formula is C15H22ClN3O. The van der Waals surface area contributed by atoms with Gasteiger partial charge < -0.3 is 15.4 Å². The maximum atomic E-state index is 9.35. The Labute approximate surface area is 125 Å². The van der Waals surface area contributed by atoms with Crippen LogP contribution in [-0.2, 0) is 0 Å². The van der Waals surface area contributed by atoms with Gasteiger partial charge in [-0.3, -0.25) is 4.90 Å². The van der Waals surface area contributed by atoms with Crippen LogP contribution in [0.5, 0.6) is 0 Å². The van der Waals surface area contributed by atoms with Gasteiger partial charge in [0.25, 0.3) is 0 Å². The highest BCUT2D eigenvalue weighted by Crippen LogP contribution is 2.27. The van der Waals surface area contributed by atoms with Gasteiger partial charge in [0.05, 0.1) is 0 Å². The summed E-state index contributed by atoms with van der Waals surface area (Å²) in [6, 6.07) is 8.98. The van der Waals surface area contributed by atoms with Crippen molar-refractivity contribution in [2.45, 2.75) is 12.5 Å². The third-order valence-corrected chi connectivity index (χ3v) is 3.96. The first-order valence-corrected chi connectivity index (χ1v) is 7.01. The van der Waals surface area contributed by atoms with E-state index >= 15 is 0 Å². The highest BCUT2D eigenvalue weighted by Gasteiger charge is 2.21. The van der Waals surface area contributed by atoms with Crippen LogP contribution in [0.15, 0.2) is 30.5 Å². The molecule has 0 radical (unpaired) electrons. The fourth-order valence-corrected chi connectivity index (χ4v) is 2.95. The van der Waals surface area contributed by atoms with Gasteiger partial charge >= 0.3 is 0 Å². The number of piperazine rings is 1. The Hall–Kier alpha value is -1.07. The molecule has 3 rings (SSSR count). The molecule has 0 saturated carbocycles. The number of aromatic nitrogens is 1. The van der Waals surface area contributed by atoms with Crippen molar-refractivity contribution in [1.29, 1.82) is 0 Å². The van der Waals surface area contributed by atoms with E-state index < -0.39 is 0 Å². The van der Waals surface area contributed by atoms with Crippen LogP contribution in [0.3, 0.4) is 0 Å². The second kappa shape index (κ2) is 7.09. The van der Waals surface area contributed by atoms with Gasteiger partial charge in [0.1, 0.15) is 0 Å². The van der Waals surface area contributed by atoms with Crippen molar-refractivity contribution >= 4 is 23.3 Å². The summed E-state index contributed by atoms with van der Waals surface area (Å²) in [5.41, 5.74) is 2.47. The van der Waals surface area contributed by atoms with Crippen LogP contribution < -0.4 is 5.32 Å². The van der Waals surface area contributed by atoms with Gasteiger partial charge in [0, 0.05) is 50.5 Å². The minimum Gasteiger partial charge on any atom is -0.396 e. The van der Waals surface area contributed by atoms with E-state index in [-0.39, 0.29) is 19.0 Å². The quantitative estimate of drug-likeness (QED) is 0.808. The van der Waals surface area contributed by atoms with Crippen molar-refractivity contribution < 1.29 is 5.11 Å². The summed E-state index contributed by atoms with van der Waals surface area (Å²) in [6.07, 6.45) is 2.77. The molecule has 4 nitrogen and oxygen atoms in total. The maximum absolute atomic E-state index is 9.35. The molecule has 20 heavy (non-hydrogen) atoms. The third kappa shape index (κ3) is 3.15. The molecule has 0 unspecified atom stereocenters. The zero-order valence-corrected chi connectivity index (χ0v) is 12.3. The zero-order valence-electron chi connectivity index (χ0n) is 11.5. The average Bonchev–Trinajstić information content (AvgIpc) is 2.93. The third-order valence-electron chi connectivity index (χ3n) is 3.96. The van der Waals surface area contributed by atoms with Crippen LogP contribution in [0.2, 0.25) is 0 Å². The second-order valence-corrected chi connectivity index (χ2v) is 5.14. The smallest absolute Gasteiger partial charge is 0.0457 e. The van der Waals surface area contributed by atoms with E-state index in [4.69, 9.17) is 0 Å². The molecule has 0 amide bonds. The number of aliphatic hydroxyl groups excluding tert-OH is 1. The average molecular weight is 296 g/mol. The van der Waals surface area contributed by atoms with Gasteiger partial charge in [-0.25, -0.2) is 0 Å². The molecule has 0 spiro atoms. The second-order valence-electron chi connectivity index (χ2n) is 5.14. The topological polar surface area (TPSA) is 51.3 Å². The summed E-state index contributed by atoms with van der Waals surface area (Å²) in [5, 5.41) is 14.0. The summed E-state index contributed by atoms with van der Waals surface area (Å²) in [4.78, 5) is 5.74. The summed E-state index contributed by atoms with van der Waals surface area (Å²) < 4.78 is 0. The first-order valence-electron chi connectivity index (χ1n) is 7.01. The Bertz CT molecular complexity index is 537. The Kier molecular flexibility index (Phi) is 5.43. The molecule has 1 aliphatic heterocycles. The monoisotopic (exact) mass is 295 g/mol. The number of nitrogens with zero attached hydrogens (tertiary/aromatic N) is 1. The van der Waals surface area contributed by atoms with Crippen molar-refractivity contribution in [2.75, 3.05) is 32.8 Å². The van der Waals surface area contributed by atoms with Crippen molar-refractivity contribution in [1.82, 2.24) is 15.2 Å². The predicted octanol–water partition coefficient (Wildman–Crippen LogP) is 1.92. The minimum absolute atomic E-state index is 0. The molecule has 0 bridgehead atoms. The number of nitrogens with one attached hydrogen (secondary N) is 2. The number of benzene rings is 1. The number of fused-ring (bicyclic) bond motifs is 1. The lowest BCUT2D eigenvalue weighted by Crippen LogP contribution is -2.45. The number of aromatic amines is 1. The zero-order chi connectivity index (χ0) is 13.1. The van der Waals surface area contributed by atoms with E-state index in [2.05, 4.69) is 39.5 Å². The summed E-state index contributed by atoms with van der Waals surface area (Å²) in [6.45, 7) is 4.40. The van der Waals surface area contributed by atoms with E-state index in [1.54, 1.807) is 0 Å². The molecule has 1 aromatic heterocycles. The lowest BCUT2D eigenvalue weighted by Gasteiger charge is -2.35. The van der Waals surface area contributed by atoms with Crippen LogP contribution in [0.4, 0.5) is 0 Å². The molecular weight excluding hydrogens is 274 g/mol. The van der Waals surface area contributed by atoms with Gasteiger partial charge in [-0.2, -0.15) is 0 Å². The molecule has 3 N–H and O–H groups in total. The van der Waals surface area contributed by atoms with E-state index in [0.717, 1.165) is 32.6 Å². The number of aliphatic hydroxyl groups is 1. The Morgan fingerprint density at radius 1 is 1.20 bits per heavy atom. The van der Waals surface area contributed by atoms with E-state index in [1.807, 2.05) is 6.20 Å². The molecule has 1 fully saturated rings. The van der Waals surface area contributed by atoms with Crippen molar-refractivity contribution in [3.8, 4) is 0 Å². The Morgan fingerprint density at radius 2 is 2.00 bits per heavy atom. The first-order chi connectivity index (χ1) is 9.38. The molecule has 2 aromatic rings. The number of halogens is 1. The number of hydrogen-bond acceptors (Lipinski definition) is 3. The highest BCUT2D eigenvalue weighted by molar-refractivity contribution is 5.85. The lowest BCUT2D eigenvalue weighted by molar-refractivity contribution is 0.141. The molecule has 1 atom stereocenters. The minimum atomic E-state index is 0. The van der Waals surface area contributed by atoms with Crippen LogP contribution >= 0.6 is 12.4 Å². The standard InChI is InChI=1S/C15H21N3O.ClH/c19-10-4-15(18-8-6-16-7-9-18)13-2-1-12-3-5-17-14(12)11-13;/h1-3,5,11,15-17,19H,4,6-10H2;1H/t15-;/m1./s1. The fraction of sp³-hybridized carbons (Fsp3) is 0.467. The molecule has 1 aromatic carbocycles. The summed E-state index contributed by atoms with van der Waals surface area (Å²) >= 11 is 0. The summed E-state index contributed by atoms with van der Waals surface area (Å²) in [7, 11) is 0. The molecule has 110 valence electrons. The van der Waals surface area contributed by atoms with Crippen molar-refractivity contribution in [3.05, 3.63) is 36.0 Å². The van der Waals surface area contributed by atoms with Gasteiger partial charge in [0.2, 0.25) is 0 Å². The Balaban J connectivity index is 0.00000147. The van der Waals surface area contributed by atoms with Gasteiger partial charge in [-0.15, -0.1) is 12.4 Å². The maximum Gasteiger partial charge on any atom is 0.0457 e. The number of rotatable bonds is 4. The largest absolute Gasteiger partial charge is 0.396 e. The number of H-pyrrole nitrogens is 1. The van der Waals surface area contributed by atoms with Crippen molar-refractivity contribution in [2.24, 2.45) is 0 Å². The van der Waals surface area contributed by atoms with E-state index in [1.165, 1.54) is 16.5 Å². The molecule has 1 aliphatic rings. The normalized spacial score (nSPS) is 17.9.